The summed E-state index contributed by atoms with van der Waals surface area (Å²) in [5, 5.41) is 0. The molecule has 2 N–H and O–H groups in total. The van der Waals surface area contributed by atoms with E-state index >= 15 is 0 Å². The minimum Gasteiger partial charge on any atom is -0.496 e. The van der Waals surface area contributed by atoms with Crippen LogP contribution in [-0.2, 0) is 0 Å². The lowest BCUT2D eigenvalue weighted by molar-refractivity contribution is 0.332. The van der Waals surface area contributed by atoms with Crippen LogP contribution in [0.25, 0.3) is 0 Å². The van der Waals surface area contributed by atoms with E-state index < -0.39 is 0 Å². The lowest BCUT2D eigenvalue weighted by Gasteiger charge is -2.09. The van der Waals surface area contributed by atoms with E-state index in [1.807, 2.05) is 18.2 Å². The molecule has 0 aliphatic carbocycles. The van der Waals surface area contributed by atoms with E-state index in [9.17, 15) is 0 Å². The van der Waals surface area contributed by atoms with Gasteiger partial charge in [0.1, 0.15) is 11.5 Å². The van der Waals surface area contributed by atoms with Gasteiger partial charge in [0.15, 0.2) is 0 Å². The number of ether oxygens (including phenoxy) is 2. The number of methoxy groups -OCH3 is 1. The van der Waals surface area contributed by atoms with Crippen LogP contribution in [0.3, 0.4) is 0 Å². The first-order valence-corrected chi connectivity index (χ1v) is 4.36. The molecule has 0 saturated carbocycles. The molecule has 0 aromatic heterocycles. The normalized spacial score (nSPS) is 19.4. The Hall–Kier alpha value is -1.22. The number of benzene rings is 1. The third kappa shape index (κ3) is 1.25. The van der Waals surface area contributed by atoms with Crippen LogP contribution in [0.5, 0.6) is 11.5 Å². The third-order valence-corrected chi connectivity index (χ3v) is 2.38. The van der Waals surface area contributed by atoms with Crippen molar-refractivity contribution in [1.82, 2.24) is 0 Å². The Kier molecular flexibility index (Phi) is 2.10. The Balaban J connectivity index is 2.46. The van der Waals surface area contributed by atoms with Crippen LogP contribution in [0, 0.1) is 0 Å². The van der Waals surface area contributed by atoms with Gasteiger partial charge in [-0.25, -0.2) is 0 Å². The molecule has 0 radical (unpaired) electrons. The zero-order valence-corrected chi connectivity index (χ0v) is 7.62. The Bertz CT molecular complexity index is 312. The molecule has 0 bridgehead atoms. The molecule has 3 nitrogen and oxygen atoms in total. The third-order valence-electron chi connectivity index (χ3n) is 2.38. The number of nitrogens with two attached hydrogens (primary N) is 1. The molecule has 1 aliphatic rings. The summed E-state index contributed by atoms with van der Waals surface area (Å²) < 4.78 is 10.7. The molecule has 0 fully saturated rings. The number of hydrogen-bond donors (Lipinski definition) is 1. The van der Waals surface area contributed by atoms with Crippen LogP contribution in [0.4, 0.5) is 0 Å². The minimum absolute atomic E-state index is 0.283. The Morgan fingerprint density at radius 1 is 1.62 bits per heavy atom. The molecule has 1 heterocycles. The highest BCUT2D eigenvalue weighted by molar-refractivity contribution is 5.49. The maximum Gasteiger partial charge on any atom is 0.126 e. The van der Waals surface area contributed by atoms with E-state index in [2.05, 4.69) is 0 Å². The fourth-order valence-corrected chi connectivity index (χ4v) is 1.69. The molecule has 13 heavy (non-hydrogen) atoms. The minimum atomic E-state index is 0.283. The van der Waals surface area contributed by atoms with E-state index in [0.29, 0.717) is 13.2 Å². The Morgan fingerprint density at radius 3 is 3.15 bits per heavy atom. The maximum atomic E-state index is 5.64. The van der Waals surface area contributed by atoms with Crippen molar-refractivity contribution in [3.63, 3.8) is 0 Å². The van der Waals surface area contributed by atoms with E-state index in [0.717, 1.165) is 17.1 Å². The van der Waals surface area contributed by atoms with Crippen molar-refractivity contribution in [3.05, 3.63) is 23.8 Å². The van der Waals surface area contributed by atoms with Gasteiger partial charge in [-0.3, -0.25) is 0 Å². The van der Waals surface area contributed by atoms with Gasteiger partial charge in [-0.15, -0.1) is 0 Å². The second kappa shape index (κ2) is 3.26. The van der Waals surface area contributed by atoms with Crippen molar-refractivity contribution in [2.75, 3.05) is 20.3 Å². The predicted octanol–water partition coefficient (Wildman–Crippen LogP) is 1.13. The molecule has 0 amide bonds. The Labute approximate surface area is 77.5 Å². The number of fused-ring (bicyclic) bond motifs is 1. The molecular formula is C10H13NO2. The van der Waals surface area contributed by atoms with E-state index in [1.54, 1.807) is 7.11 Å². The van der Waals surface area contributed by atoms with E-state index in [4.69, 9.17) is 15.2 Å². The van der Waals surface area contributed by atoms with Gasteiger partial charge >= 0.3 is 0 Å². The average molecular weight is 179 g/mol. The lowest BCUT2D eigenvalue weighted by Crippen LogP contribution is -2.13. The zero-order valence-electron chi connectivity index (χ0n) is 7.62. The molecule has 1 aromatic rings. The van der Waals surface area contributed by atoms with Gasteiger partial charge in [0.25, 0.3) is 0 Å². The molecule has 2 rings (SSSR count). The highest BCUT2D eigenvalue weighted by atomic mass is 16.5. The molecular weight excluding hydrogens is 166 g/mol. The van der Waals surface area contributed by atoms with Gasteiger partial charge in [-0.2, -0.15) is 0 Å². The van der Waals surface area contributed by atoms with Gasteiger partial charge in [0, 0.05) is 18.0 Å². The van der Waals surface area contributed by atoms with Gasteiger partial charge in [-0.05, 0) is 12.1 Å². The first-order valence-electron chi connectivity index (χ1n) is 4.36. The van der Waals surface area contributed by atoms with Crippen LogP contribution < -0.4 is 15.2 Å². The zero-order chi connectivity index (χ0) is 9.26. The van der Waals surface area contributed by atoms with Crippen LogP contribution in [0.2, 0.25) is 0 Å². The topological polar surface area (TPSA) is 44.5 Å². The van der Waals surface area contributed by atoms with Crippen molar-refractivity contribution in [2.45, 2.75) is 5.92 Å². The largest absolute Gasteiger partial charge is 0.496 e. The van der Waals surface area contributed by atoms with E-state index in [-0.39, 0.29) is 5.92 Å². The first kappa shape index (κ1) is 8.38. The van der Waals surface area contributed by atoms with Crippen LogP contribution >= 0.6 is 0 Å². The summed E-state index contributed by atoms with van der Waals surface area (Å²) in [6, 6.07) is 5.82. The van der Waals surface area contributed by atoms with Crippen molar-refractivity contribution in [3.8, 4) is 11.5 Å². The van der Waals surface area contributed by atoms with Gasteiger partial charge in [0.2, 0.25) is 0 Å². The summed E-state index contributed by atoms with van der Waals surface area (Å²) in [7, 11) is 1.67. The highest BCUT2D eigenvalue weighted by Crippen LogP contribution is 2.39. The van der Waals surface area contributed by atoms with Crippen molar-refractivity contribution < 1.29 is 9.47 Å². The fourth-order valence-electron chi connectivity index (χ4n) is 1.69. The summed E-state index contributed by atoms with van der Waals surface area (Å²) in [4.78, 5) is 0. The molecule has 1 unspecified atom stereocenters. The van der Waals surface area contributed by atoms with Gasteiger partial charge < -0.3 is 15.2 Å². The van der Waals surface area contributed by atoms with Crippen LogP contribution in [0.1, 0.15) is 11.5 Å². The van der Waals surface area contributed by atoms with Crippen molar-refractivity contribution in [1.29, 1.82) is 0 Å². The fraction of sp³-hybridized carbons (Fsp3) is 0.400. The summed E-state index contributed by atoms with van der Waals surface area (Å²) in [6.07, 6.45) is 0. The standard InChI is InChI=1S/C10H13NO2/c1-12-8-3-2-4-9-10(8)7(5-11)6-13-9/h2-4,7H,5-6,11H2,1H3. The monoisotopic (exact) mass is 179 g/mol. The van der Waals surface area contributed by atoms with Crippen molar-refractivity contribution >= 4 is 0 Å². The molecule has 0 spiro atoms. The molecule has 1 atom stereocenters. The van der Waals surface area contributed by atoms with Gasteiger partial charge in [-0.1, -0.05) is 6.07 Å². The van der Waals surface area contributed by atoms with Crippen LogP contribution in [0.15, 0.2) is 18.2 Å². The van der Waals surface area contributed by atoms with E-state index in [1.165, 1.54) is 0 Å². The van der Waals surface area contributed by atoms with Gasteiger partial charge in [0.05, 0.1) is 13.7 Å². The van der Waals surface area contributed by atoms with Crippen molar-refractivity contribution in [2.24, 2.45) is 5.73 Å². The number of rotatable bonds is 2. The molecule has 0 saturated heterocycles. The summed E-state index contributed by atoms with van der Waals surface area (Å²) in [5.41, 5.74) is 6.75. The molecule has 70 valence electrons. The average Bonchev–Trinajstić information content (AvgIpc) is 2.60. The molecule has 1 aromatic carbocycles. The summed E-state index contributed by atoms with van der Waals surface area (Å²) >= 11 is 0. The smallest absolute Gasteiger partial charge is 0.126 e. The van der Waals surface area contributed by atoms with Crippen LogP contribution in [-0.4, -0.2) is 20.3 Å². The summed E-state index contributed by atoms with van der Waals surface area (Å²) in [6.45, 7) is 1.28. The molecule has 1 aliphatic heterocycles. The number of hydrogen-bond acceptors (Lipinski definition) is 3. The Morgan fingerprint density at radius 2 is 2.46 bits per heavy atom. The quantitative estimate of drug-likeness (QED) is 0.740. The second-order valence-electron chi connectivity index (χ2n) is 3.12. The first-order chi connectivity index (χ1) is 6.36. The highest BCUT2D eigenvalue weighted by Gasteiger charge is 2.26. The predicted molar refractivity (Wildman–Crippen MR) is 50.3 cm³/mol. The summed E-state index contributed by atoms with van der Waals surface area (Å²) in [5.74, 6) is 2.08. The lowest BCUT2D eigenvalue weighted by atomic mass is 10.0. The maximum absolute atomic E-state index is 5.64. The second-order valence-corrected chi connectivity index (χ2v) is 3.12. The SMILES string of the molecule is COc1cccc2c1C(CN)CO2. The molecule has 3 heteroatoms.